The fourth-order valence-corrected chi connectivity index (χ4v) is 2.98. The van der Waals surface area contributed by atoms with Gasteiger partial charge in [-0.25, -0.2) is 0 Å². The molecule has 0 saturated carbocycles. The van der Waals surface area contributed by atoms with Crippen molar-refractivity contribution in [2.24, 2.45) is 10.9 Å². The Hall–Kier alpha value is -0.220. The smallest absolute Gasteiger partial charge is 0.157 e. The van der Waals surface area contributed by atoms with Crippen molar-refractivity contribution in [2.75, 3.05) is 19.0 Å². The topological polar surface area (TPSA) is 33.6 Å². The second-order valence-corrected chi connectivity index (χ2v) is 5.50. The molecular formula is C11H20N2OS. The SMILES string of the molecule is CC1CSC(NC2CCOCC2)=NC1C. The molecule has 1 fully saturated rings. The summed E-state index contributed by atoms with van der Waals surface area (Å²) in [6, 6.07) is 1.04. The average molecular weight is 228 g/mol. The molecule has 1 saturated heterocycles. The molecule has 0 aromatic rings. The van der Waals surface area contributed by atoms with Crippen LogP contribution in [0.15, 0.2) is 4.99 Å². The number of aliphatic imine (C=N–C) groups is 1. The zero-order valence-corrected chi connectivity index (χ0v) is 10.3. The Morgan fingerprint density at radius 1 is 1.33 bits per heavy atom. The van der Waals surface area contributed by atoms with Gasteiger partial charge in [0.25, 0.3) is 0 Å². The van der Waals surface area contributed by atoms with Crippen molar-refractivity contribution >= 4 is 16.9 Å². The second-order valence-electron chi connectivity index (χ2n) is 4.49. The standard InChI is InChI=1S/C11H20N2OS/c1-8-7-15-11(12-9(8)2)13-10-3-5-14-6-4-10/h8-10H,3-7H2,1-2H3,(H,12,13). The minimum absolute atomic E-state index is 0.466. The van der Waals surface area contributed by atoms with Gasteiger partial charge in [-0.2, -0.15) is 0 Å². The summed E-state index contributed by atoms with van der Waals surface area (Å²) in [5, 5.41) is 4.69. The van der Waals surface area contributed by atoms with Gasteiger partial charge in [0.1, 0.15) is 0 Å². The van der Waals surface area contributed by atoms with Crippen LogP contribution in [0.25, 0.3) is 0 Å². The van der Waals surface area contributed by atoms with E-state index in [0.717, 1.165) is 31.2 Å². The summed E-state index contributed by atoms with van der Waals surface area (Å²) in [4.78, 5) is 4.69. The van der Waals surface area contributed by atoms with Crippen LogP contribution in [0.4, 0.5) is 0 Å². The highest BCUT2D eigenvalue weighted by molar-refractivity contribution is 8.13. The number of rotatable bonds is 1. The lowest BCUT2D eigenvalue weighted by Crippen LogP contribution is -2.40. The normalized spacial score (nSPS) is 33.6. The van der Waals surface area contributed by atoms with Gasteiger partial charge in [-0.1, -0.05) is 18.7 Å². The van der Waals surface area contributed by atoms with E-state index in [2.05, 4.69) is 24.2 Å². The van der Waals surface area contributed by atoms with Gasteiger partial charge in [-0.05, 0) is 25.7 Å². The first-order chi connectivity index (χ1) is 7.25. The number of nitrogens with one attached hydrogen (secondary N) is 1. The van der Waals surface area contributed by atoms with Crippen molar-refractivity contribution in [2.45, 2.75) is 38.8 Å². The largest absolute Gasteiger partial charge is 0.381 e. The van der Waals surface area contributed by atoms with Crippen LogP contribution in [0.3, 0.4) is 0 Å². The monoisotopic (exact) mass is 228 g/mol. The molecule has 0 bridgehead atoms. The number of thioether (sulfide) groups is 1. The Morgan fingerprint density at radius 2 is 2.07 bits per heavy atom. The molecule has 2 unspecified atom stereocenters. The quantitative estimate of drug-likeness (QED) is 0.744. The van der Waals surface area contributed by atoms with Crippen molar-refractivity contribution in [3.63, 3.8) is 0 Å². The lowest BCUT2D eigenvalue weighted by atomic mass is 10.1. The highest BCUT2D eigenvalue weighted by Crippen LogP contribution is 2.22. The first-order valence-corrected chi connectivity index (χ1v) is 6.79. The van der Waals surface area contributed by atoms with Crippen molar-refractivity contribution in [3.05, 3.63) is 0 Å². The zero-order chi connectivity index (χ0) is 10.7. The predicted octanol–water partition coefficient (Wildman–Crippen LogP) is 1.88. The van der Waals surface area contributed by atoms with E-state index in [9.17, 15) is 0 Å². The molecule has 0 aromatic heterocycles. The third kappa shape index (κ3) is 3.11. The van der Waals surface area contributed by atoms with E-state index in [1.165, 1.54) is 5.75 Å². The van der Waals surface area contributed by atoms with E-state index >= 15 is 0 Å². The van der Waals surface area contributed by atoms with E-state index in [4.69, 9.17) is 4.74 Å². The summed E-state index contributed by atoms with van der Waals surface area (Å²) in [5.74, 6) is 1.89. The van der Waals surface area contributed by atoms with Crippen LogP contribution in [0.2, 0.25) is 0 Å². The van der Waals surface area contributed by atoms with E-state index in [1.54, 1.807) is 0 Å². The molecule has 0 radical (unpaired) electrons. The van der Waals surface area contributed by atoms with Crippen LogP contribution >= 0.6 is 11.8 Å². The summed E-state index contributed by atoms with van der Waals surface area (Å²) in [6.07, 6.45) is 2.23. The van der Waals surface area contributed by atoms with E-state index < -0.39 is 0 Å². The van der Waals surface area contributed by atoms with Gasteiger partial charge in [-0.15, -0.1) is 0 Å². The van der Waals surface area contributed by atoms with E-state index in [0.29, 0.717) is 18.0 Å². The average Bonchev–Trinajstić information content (AvgIpc) is 2.25. The molecule has 15 heavy (non-hydrogen) atoms. The maximum atomic E-state index is 5.34. The van der Waals surface area contributed by atoms with Gasteiger partial charge in [0.15, 0.2) is 5.17 Å². The second kappa shape index (κ2) is 5.21. The molecule has 2 aliphatic heterocycles. The molecule has 0 aliphatic carbocycles. The van der Waals surface area contributed by atoms with Gasteiger partial charge in [0.05, 0.1) is 6.04 Å². The van der Waals surface area contributed by atoms with Gasteiger partial charge in [0, 0.05) is 25.0 Å². The van der Waals surface area contributed by atoms with Crippen molar-refractivity contribution in [1.82, 2.24) is 5.32 Å². The highest BCUT2D eigenvalue weighted by atomic mass is 32.2. The summed E-state index contributed by atoms with van der Waals surface area (Å²) in [6.45, 7) is 6.26. The minimum atomic E-state index is 0.466. The highest BCUT2D eigenvalue weighted by Gasteiger charge is 2.21. The molecule has 2 rings (SSSR count). The van der Waals surface area contributed by atoms with Crippen LogP contribution in [0, 0.1) is 5.92 Å². The molecule has 1 N–H and O–H groups in total. The number of hydrogen-bond donors (Lipinski definition) is 1. The maximum absolute atomic E-state index is 5.34. The van der Waals surface area contributed by atoms with Gasteiger partial charge >= 0.3 is 0 Å². The van der Waals surface area contributed by atoms with Crippen LogP contribution in [-0.4, -0.2) is 36.2 Å². The van der Waals surface area contributed by atoms with Gasteiger partial charge < -0.3 is 10.1 Å². The first kappa shape index (κ1) is 11.3. The fourth-order valence-electron chi connectivity index (χ4n) is 1.79. The summed E-state index contributed by atoms with van der Waals surface area (Å²) in [7, 11) is 0. The number of ether oxygens (including phenoxy) is 1. The molecule has 0 amide bonds. The Bertz CT molecular complexity index is 239. The van der Waals surface area contributed by atoms with Crippen LogP contribution < -0.4 is 5.32 Å². The summed E-state index contributed by atoms with van der Waals surface area (Å²) >= 11 is 1.87. The zero-order valence-electron chi connectivity index (χ0n) is 9.53. The molecule has 2 atom stereocenters. The first-order valence-electron chi connectivity index (χ1n) is 5.80. The fraction of sp³-hybridized carbons (Fsp3) is 0.909. The Labute approximate surface area is 96.1 Å². The lowest BCUT2D eigenvalue weighted by molar-refractivity contribution is 0.0826. The molecule has 0 aromatic carbocycles. The van der Waals surface area contributed by atoms with Gasteiger partial charge in [-0.3, -0.25) is 4.99 Å². The van der Waals surface area contributed by atoms with Crippen molar-refractivity contribution < 1.29 is 4.74 Å². The summed E-state index contributed by atoms with van der Waals surface area (Å²) < 4.78 is 5.34. The Morgan fingerprint density at radius 3 is 2.73 bits per heavy atom. The third-order valence-electron chi connectivity index (χ3n) is 3.18. The Kier molecular flexibility index (Phi) is 3.92. The van der Waals surface area contributed by atoms with Crippen LogP contribution in [0.1, 0.15) is 26.7 Å². The van der Waals surface area contributed by atoms with Crippen LogP contribution in [-0.2, 0) is 4.74 Å². The molecule has 3 nitrogen and oxygen atoms in total. The minimum Gasteiger partial charge on any atom is -0.381 e. The molecule has 86 valence electrons. The lowest BCUT2D eigenvalue weighted by Gasteiger charge is -2.28. The number of hydrogen-bond acceptors (Lipinski definition) is 4. The predicted molar refractivity (Wildman–Crippen MR) is 65.5 cm³/mol. The van der Waals surface area contributed by atoms with Crippen LogP contribution in [0.5, 0.6) is 0 Å². The molecular weight excluding hydrogens is 208 g/mol. The number of nitrogens with zero attached hydrogens (tertiary/aromatic N) is 1. The van der Waals surface area contributed by atoms with Crippen molar-refractivity contribution in [3.8, 4) is 0 Å². The molecule has 2 heterocycles. The molecule has 2 aliphatic rings. The summed E-state index contributed by atoms with van der Waals surface area (Å²) in [5.41, 5.74) is 0. The van der Waals surface area contributed by atoms with E-state index in [-0.39, 0.29) is 0 Å². The third-order valence-corrected chi connectivity index (χ3v) is 4.37. The molecule has 0 spiro atoms. The number of amidine groups is 1. The van der Waals surface area contributed by atoms with Crippen molar-refractivity contribution in [1.29, 1.82) is 0 Å². The molecule has 4 heteroatoms. The Balaban J connectivity index is 1.85. The van der Waals surface area contributed by atoms with E-state index in [1.807, 2.05) is 11.8 Å². The van der Waals surface area contributed by atoms with Gasteiger partial charge in [0.2, 0.25) is 0 Å². The maximum Gasteiger partial charge on any atom is 0.157 e.